The summed E-state index contributed by atoms with van der Waals surface area (Å²) in [6.45, 7) is 6.21. The van der Waals surface area contributed by atoms with Crippen LogP contribution in [-0.2, 0) is 66.7 Å². The van der Waals surface area contributed by atoms with Gasteiger partial charge in [-0.3, -0.25) is 28.8 Å². The summed E-state index contributed by atoms with van der Waals surface area (Å²) in [4.78, 5) is 69.9. The maximum atomic E-state index is 12.0. The van der Waals surface area contributed by atoms with Gasteiger partial charge in [0, 0.05) is 47.2 Å². The van der Waals surface area contributed by atoms with Gasteiger partial charge in [-0.25, -0.2) is 0 Å². The predicted octanol–water partition coefficient (Wildman–Crippen LogP) is -2.71. The molecule has 0 aromatic heterocycles. The minimum atomic E-state index is -1.22. The number of ether oxygens (including phenoxy) is 8. The van der Waals surface area contributed by atoms with Gasteiger partial charge in [-0.1, -0.05) is 0 Å². The molecule has 45 heavy (non-hydrogen) atoms. The quantitative estimate of drug-likeness (QED) is 0.0529. The van der Waals surface area contributed by atoms with Gasteiger partial charge in [0.1, 0.15) is 18.8 Å². The lowest BCUT2D eigenvalue weighted by molar-refractivity contribution is -0.279. The van der Waals surface area contributed by atoms with Gasteiger partial charge in [-0.15, -0.1) is 0 Å². The third-order valence-electron chi connectivity index (χ3n) is 5.75. The number of rotatable bonds is 22. The van der Waals surface area contributed by atoms with Gasteiger partial charge < -0.3 is 59.6 Å². The van der Waals surface area contributed by atoms with Crippen LogP contribution in [0.3, 0.4) is 0 Å². The molecular formula is C27H46N4O14. The van der Waals surface area contributed by atoms with E-state index >= 15 is 0 Å². The Morgan fingerprint density at radius 2 is 1.24 bits per heavy atom. The molecule has 0 spiro atoms. The monoisotopic (exact) mass is 650 g/mol. The molecule has 5 N–H and O–H groups in total. The van der Waals surface area contributed by atoms with Crippen LogP contribution in [0.2, 0.25) is 0 Å². The van der Waals surface area contributed by atoms with Crippen molar-refractivity contribution >= 4 is 35.6 Å². The Morgan fingerprint density at radius 1 is 0.689 bits per heavy atom. The van der Waals surface area contributed by atoms with Crippen LogP contribution in [-0.4, -0.2) is 139 Å². The molecule has 3 amide bonds. The molecule has 1 aliphatic heterocycles. The van der Waals surface area contributed by atoms with Gasteiger partial charge in [0.05, 0.1) is 52.8 Å². The Balaban J connectivity index is 2.43. The molecule has 18 nitrogen and oxygen atoms in total. The topological polar surface area (TPSA) is 238 Å². The molecule has 18 heteroatoms. The fourth-order valence-corrected chi connectivity index (χ4v) is 3.93. The number of carbonyl (C=O) groups excluding carboxylic acids is 6. The fraction of sp³-hybridized carbons (Fsp3) is 0.778. The van der Waals surface area contributed by atoms with Gasteiger partial charge in [0.25, 0.3) is 0 Å². The molecule has 2 unspecified atom stereocenters. The van der Waals surface area contributed by atoms with Crippen molar-refractivity contribution in [3.63, 3.8) is 0 Å². The summed E-state index contributed by atoms with van der Waals surface area (Å²) in [5.41, 5.74) is 5.17. The van der Waals surface area contributed by atoms with Gasteiger partial charge in [0.15, 0.2) is 18.5 Å². The third kappa shape index (κ3) is 18.2. The number of amides is 3. The Hall–Kier alpha value is -3.42. The number of hydrogen-bond donors (Lipinski definition) is 4. The second-order valence-electron chi connectivity index (χ2n) is 9.58. The first-order valence-corrected chi connectivity index (χ1v) is 14.4. The summed E-state index contributed by atoms with van der Waals surface area (Å²) in [6, 6.07) is -1.07. The van der Waals surface area contributed by atoms with Gasteiger partial charge in [-0.05, 0) is 0 Å². The Kier molecular flexibility index (Phi) is 20.2. The van der Waals surface area contributed by atoms with Crippen LogP contribution < -0.4 is 21.7 Å². The Morgan fingerprint density at radius 3 is 1.82 bits per heavy atom. The zero-order valence-electron chi connectivity index (χ0n) is 26.2. The van der Waals surface area contributed by atoms with Crippen LogP contribution in [0.25, 0.3) is 0 Å². The molecule has 1 aliphatic rings. The largest absolute Gasteiger partial charge is 0.463 e. The standard InChI is InChI=1S/C27H46N4O14/c1-17(32)31-24-26(44-20(4)35)25(43-19(3)34)21(16-42-18(2)33)45-27(24)41-14-13-40-12-11-39-10-6-29-22(36)5-8-38-9-7-30-23(37)15-28/h21,24-27H,5-16,28H2,1-4H3,(H,29,36)(H,30,37)(H,31,32)/t21?,24?,25-,26+,27+/m0/s1. The molecule has 1 rings (SSSR count). The Bertz CT molecular complexity index is 952. The van der Waals surface area contributed by atoms with E-state index in [0.29, 0.717) is 13.1 Å². The maximum Gasteiger partial charge on any atom is 0.303 e. The highest BCUT2D eigenvalue weighted by Crippen LogP contribution is 2.28. The average Bonchev–Trinajstić information content (AvgIpc) is 2.96. The molecule has 258 valence electrons. The molecule has 5 atom stereocenters. The summed E-state index contributed by atoms with van der Waals surface area (Å²) < 4.78 is 43.6. The molecule has 1 saturated heterocycles. The van der Waals surface area contributed by atoms with Gasteiger partial charge in [0.2, 0.25) is 17.7 Å². The lowest BCUT2D eigenvalue weighted by Gasteiger charge is -2.44. The highest BCUT2D eigenvalue weighted by atomic mass is 16.7. The van der Waals surface area contributed by atoms with Crippen LogP contribution >= 0.6 is 0 Å². The first-order valence-electron chi connectivity index (χ1n) is 14.4. The molecule has 0 aromatic carbocycles. The van der Waals surface area contributed by atoms with E-state index in [-0.39, 0.29) is 77.6 Å². The van der Waals surface area contributed by atoms with Gasteiger partial charge >= 0.3 is 17.9 Å². The van der Waals surface area contributed by atoms with Crippen molar-refractivity contribution in [2.45, 2.75) is 64.8 Å². The van der Waals surface area contributed by atoms with Crippen LogP contribution in [0.5, 0.6) is 0 Å². The summed E-state index contributed by atoms with van der Waals surface area (Å²) >= 11 is 0. The highest BCUT2D eigenvalue weighted by Gasteiger charge is 2.51. The van der Waals surface area contributed by atoms with E-state index in [4.69, 9.17) is 43.6 Å². The van der Waals surface area contributed by atoms with Crippen LogP contribution in [0, 0.1) is 0 Å². The zero-order valence-corrected chi connectivity index (χ0v) is 26.2. The summed E-state index contributed by atoms with van der Waals surface area (Å²) in [7, 11) is 0. The van der Waals surface area contributed by atoms with E-state index < -0.39 is 54.5 Å². The fourth-order valence-electron chi connectivity index (χ4n) is 3.93. The van der Waals surface area contributed by atoms with Crippen LogP contribution in [0.15, 0.2) is 0 Å². The Labute approximate surface area is 261 Å². The average molecular weight is 651 g/mol. The first-order chi connectivity index (χ1) is 21.4. The highest BCUT2D eigenvalue weighted by molar-refractivity contribution is 5.77. The van der Waals surface area contributed by atoms with Crippen molar-refractivity contribution < 1.29 is 66.7 Å². The summed E-state index contributed by atoms with van der Waals surface area (Å²) in [5.74, 6) is -3.00. The summed E-state index contributed by atoms with van der Waals surface area (Å²) in [5, 5.41) is 7.85. The van der Waals surface area contributed by atoms with E-state index in [9.17, 15) is 28.8 Å². The minimum Gasteiger partial charge on any atom is -0.463 e. The molecule has 0 saturated carbocycles. The van der Waals surface area contributed by atoms with E-state index in [1.807, 2.05) is 0 Å². The molecular weight excluding hydrogens is 604 g/mol. The number of nitrogens with one attached hydrogen (secondary N) is 3. The number of esters is 3. The van der Waals surface area contributed by atoms with Crippen molar-refractivity contribution in [3.05, 3.63) is 0 Å². The van der Waals surface area contributed by atoms with Crippen molar-refractivity contribution in [1.82, 2.24) is 16.0 Å². The second-order valence-corrected chi connectivity index (χ2v) is 9.58. The number of carbonyl (C=O) groups is 6. The SMILES string of the molecule is CC(=O)NC1[C@H](OCCOCCOCCNC(=O)CCOCCNC(=O)CN)OC(COC(C)=O)[C@H](OC(C)=O)[C@@H]1OC(C)=O. The van der Waals surface area contributed by atoms with Crippen LogP contribution in [0.1, 0.15) is 34.1 Å². The molecule has 0 radical (unpaired) electrons. The number of nitrogens with two attached hydrogens (primary N) is 1. The zero-order chi connectivity index (χ0) is 33.6. The normalized spacial score (nSPS) is 20.9. The van der Waals surface area contributed by atoms with Crippen molar-refractivity contribution in [2.24, 2.45) is 5.73 Å². The second kappa shape index (κ2) is 23.0. The molecule has 1 fully saturated rings. The van der Waals surface area contributed by atoms with Crippen molar-refractivity contribution in [3.8, 4) is 0 Å². The lowest BCUT2D eigenvalue weighted by Crippen LogP contribution is -2.66. The lowest BCUT2D eigenvalue weighted by atomic mass is 9.96. The van der Waals surface area contributed by atoms with Crippen molar-refractivity contribution in [1.29, 1.82) is 0 Å². The smallest absolute Gasteiger partial charge is 0.303 e. The molecule has 0 aromatic rings. The van der Waals surface area contributed by atoms with E-state index in [1.165, 1.54) is 13.8 Å². The molecule has 0 bridgehead atoms. The molecule has 0 aliphatic carbocycles. The summed E-state index contributed by atoms with van der Waals surface area (Å²) in [6.07, 6.45) is -4.52. The molecule has 1 heterocycles. The third-order valence-corrected chi connectivity index (χ3v) is 5.75. The van der Waals surface area contributed by atoms with Gasteiger partial charge in [-0.2, -0.15) is 0 Å². The van der Waals surface area contributed by atoms with E-state index in [2.05, 4.69) is 16.0 Å². The minimum absolute atomic E-state index is 0.0103. The van der Waals surface area contributed by atoms with Crippen molar-refractivity contribution in [2.75, 3.05) is 72.5 Å². The predicted molar refractivity (Wildman–Crippen MR) is 152 cm³/mol. The van der Waals surface area contributed by atoms with E-state index in [1.54, 1.807) is 0 Å². The number of hydrogen-bond acceptors (Lipinski definition) is 15. The maximum absolute atomic E-state index is 12.0. The van der Waals surface area contributed by atoms with E-state index in [0.717, 1.165) is 13.8 Å². The first kappa shape index (κ1) is 39.6. The van der Waals surface area contributed by atoms with Crippen LogP contribution in [0.4, 0.5) is 0 Å².